The number of sulfonamides is 1. The van der Waals surface area contributed by atoms with E-state index >= 15 is 4.39 Å². The van der Waals surface area contributed by atoms with E-state index in [4.69, 9.17) is 16.3 Å². The number of allylic oxidation sites excluding steroid dienone is 1. The molecule has 11 heteroatoms. The summed E-state index contributed by atoms with van der Waals surface area (Å²) in [7, 11) is -7.91. The molecule has 1 N–H and O–H groups in total. The van der Waals surface area contributed by atoms with E-state index in [0.717, 1.165) is 18.4 Å². The summed E-state index contributed by atoms with van der Waals surface area (Å²) in [6.07, 6.45) is 4.27. The Bertz CT molecular complexity index is 1300. The molecule has 0 amide bonds. The van der Waals surface area contributed by atoms with E-state index in [-0.39, 0.29) is 18.0 Å². The summed E-state index contributed by atoms with van der Waals surface area (Å²) in [5, 5.41) is 0.317. The average molecular weight is 504 g/mol. The molecule has 172 valence electrons. The number of sulfone groups is 1. The summed E-state index contributed by atoms with van der Waals surface area (Å²) >= 11 is 5.91. The molecule has 6 nitrogen and oxygen atoms in total. The van der Waals surface area contributed by atoms with Crippen LogP contribution in [0.3, 0.4) is 0 Å². The van der Waals surface area contributed by atoms with Crippen molar-refractivity contribution in [3.8, 4) is 5.75 Å². The van der Waals surface area contributed by atoms with Gasteiger partial charge in [0.2, 0.25) is 10.0 Å². The SMILES string of the molecule is CS(=O)(=O)NC[C@@H]1CC=C[C@@]2(S(=O)(=O)c3ccc(Cl)cc3)c3c(F)ccc(F)c3OCC12. The molecule has 0 saturated heterocycles. The largest absolute Gasteiger partial charge is 0.490 e. The molecular formula is C21H20ClF2NO5S2. The van der Waals surface area contributed by atoms with Crippen LogP contribution in [0.15, 0.2) is 53.4 Å². The predicted molar refractivity (Wildman–Crippen MR) is 116 cm³/mol. The molecule has 0 aromatic heterocycles. The molecule has 1 aliphatic heterocycles. The Morgan fingerprint density at radius 3 is 2.41 bits per heavy atom. The normalized spacial score (nSPS) is 25.0. The molecular weight excluding hydrogens is 484 g/mol. The molecule has 4 rings (SSSR count). The fourth-order valence-corrected chi connectivity index (χ4v) is 7.43. The molecule has 32 heavy (non-hydrogen) atoms. The number of hydrogen-bond donors (Lipinski definition) is 1. The zero-order valence-corrected chi connectivity index (χ0v) is 19.3. The van der Waals surface area contributed by atoms with Crippen molar-refractivity contribution in [2.45, 2.75) is 16.1 Å². The van der Waals surface area contributed by atoms with Crippen LogP contribution >= 0.6 is 11.6 Å². The highest BCUT2D eigenvalue weighted by molar-refractivity contribution is 7.92. The quantitative estimate of drug-likeness (QED) is 0.631. The van der Waals surface area contributed by atoms with Gasteiger partial charge < -0.3 is 4.74 Å². The smallest absolute Gasteiger partial charge is 0.208 e. The zero-order valence-electron chi connectivity index (χ0n) is 16.9. The van der Waals surface area contributed by atoms with Crippen LogP contribution in [0.1, 0.15) is 12.0 Å². The first kappa shape index (κ1) is 23.2. The van der Waals surface area contributed by atoms with Gasteiger partial charge in [-0.3, -0.25) is 0 Å². The number of ether oxygens (including phenoxy) is 1. The molecule has 2 aliphatic rings. The van der Waals surface area contributed by atoms with Crippen LogP contribution in [0.2, 0.25) is 5.02 Å². The van der Waals surface area contributed by atoms with Crippen molar-refractivity contribution in [2.75, 3.05) is 19.4 Å². The molecule has 2 aromatic rings. The summed E-state index contributed by atoms with van der Waals surface area (Å²) in [6.45, 7) is -0.317. The molecule has 0 spiro atoms. The molecule has 0 fully saturated rings. The zero-order chi connectivity index (χ0) is 23.3. The second-order valence-corrected chi connectivity index (χ2v) is 12.3. The van der Waals surface area contributed by atoms with Gasteiger partial charge in [0, 0.05) is 17.5 Å². The third-order valence-electron chi connectivity index (χ3n) is 5.96. The van der Waals surface area contributed by atoms with Crippen molar-refractivity contribution in [3.05, 3.63) is 70.8 Å². The maximum absolute atomic E-state index is 15.2. The van der Waals surface area contributed by atoms with Gasteiger partial charge >= 0.3 is 0 Å². The van der Waals surface area contributed by atoms with Crippen LogP contribution in [0.5, 0.6) is 5.75 Å². The Balaban J connectivity index is 1.97. The minimum atomic E-state index is -4.35. The third kappa shape index (κ3) is 3.72. The monoisotopic (exact) mass is 503 g/mol. The molecule has 0 saturated carbocycles. The van der Waals surface area contributed by atoms with E-state index in [2.05, 4.69) is 4.72 Å². The lowest BCUT2D eigenvalue weighted by Gasteiger charge is -2.47. The Morgan fingerprint density at radius 2 is 1.75 bits per heavy atom. The lowest BCUT2D eigenvalue weighted by Crippen LogP contribution is -2.54. The molecule has 1 aliphatic carbocycles. The second-order valence-electron chi connectivity index (χ2n) is 7.92. The van der Waals surface area contributed by atoms with Crippen LogP contribution in [-0.4, -0.2) is 36.2 Å². The number of nitrogens with one attached hydrogen (secondary N) is 1. The number of hydrogen-bond acceptors (Lipinski definition) is 5. The van der Waals surface area contributed by atoms with Gasteiger partial charge in [-0.15, -0.1) is 0 Å². The molecule has 1 unspecified atom stereocenters. The van der Waals surface area contributed by atoms with Crippen molar-refractivity contribution >= 4 is 31.5 Å². The summed E-state index contributed by atoms with van der Waals surface area (Å²) in [5.74, 6) is -3.70. The average Bonchev–Trinajstić information content (AvgIpc) is 2.73. The molecule has 0 bridgehead atoms. The van der Waals surface area contributed by atoms with E-state index in [0.29, 0.717) is 11.4 Å². The number of rotatable bonds is 5. The molecule has 1 heterocycles. The van der Waals surface area contributed by atoms with Gasteiger partial charge in [0.1, 0.15) is 10.6 Å². The fourth-order valence-electron chi connectivity index (χ4n) is 4.51. The number of fused-ring (bicyclic) bond motifs is 3. The summed E-state index contributed by atoms with van der Waals surface area (Å²) in [5.41, 5.74) is -0.413. The molecule has 3 atom stereocenters. The molecule has 0 radical (unpaired) electrons. The predicted octanol–water partition coefficient (Wildman–Crippen LogP) is 3.42. The second kappa shape index (κ2) is 8.09. The first-order valence-corrected chi connectivity index (χ1v) is 13.5. The minimum absolute atomic E-state index is 0.0820. The van der Waals surface area contributed by atoms with Crippen molar-refractivity contribution < 1.29 is 30.4 Å². The lowest BCUT2D eigenvalue weighted by atomic mass is 9.71. The Kier molecular flexibility index (Phi) is 5.85. The summed E-state index contributed by atoms with van der Waals surface area (Å²) in [4.78, 5) is -0.121. The fraction of sp³-hybridized carbons (Fsp3) is 0.333. The van der Waals surface area contributed by atoms with Crippen LogP contribution in [0.4, 0.5) is 8.78 Å². The number of halogens is 3. The maximum atomic E-state index is 15.2. The van der Waals surface area contributed by atoms with Gasteiger partial charge in [-0.05, 0) is 48.7 Å². The Morgan fingerprint density at radius 1 is 1.09 bits per heavy atom. The van der Waals surface area contributed by atoms with Crippen molar-refractivity contribution in [3.63, 3.8) is 0 Å². The third-order valence-corrected chi connectivity index (χ3v) is 9.33. The van der Waals surface area contributed by atoms with Crippen LogP contribution in [0, 0.1) is 23.5 Å². The van der Waals surface area contributed by atoms with Gasteiger partial charge in [-0.2, -0.15) is 0 Å². The van der Waals surface area contributed by atoms with Gasteiger partial charge in [0.15, 0.2) is 21.4 Å². The van der Waals surface area contributed by atoms with Gasteiger partial charge in [0.05, 0.1) is 23.3 Å². The van der Waals surface area contributed by atoms with Crippen LogP contribution in [-0.2, 0) is 24.6 Å². The van der Waals surface area contributed by atoms with Crippen LogP contribution < -0.4 is 9.46 Å². The van der Waals surface area contributed by atoms with Gasteiger partial charge in [-0.25, -0.2) is 30.3 Å². The van der Waals surface area contributed by atoms with E-state index in [1.165, 1.54) is 30.3 Å². The van der Waals surface area contributed by atoms with E-state index in [9.17, 15) is 21.2 Å². The topological polar surface area (TPSA) is 89.5 Å². The minimum Gasteiger partial charge on any atom is -0.490 e. The lowest BCUT2D eigenvalue weighted by molar-refractivity contribution is 0.125. The van der Waals surface area contributed by atoms with E-state index < -0.39 is 59.4 Å². The van der Waals surface area contributed by atoms with Crippen molar-refractivity contribution in [1.29, 1.82) is 0 Å². The summed E-state index contributed by atoms with van der Waals surface area (Å²) in [6, 6.07) is 7.16. The summed E-state index contributed by atoms with van der Waals surface area (Å²) < 4.78 is 87.2. The first-order chi connectivity index (χ1) is 15.0. The van der Waals surface area contributed by atoms with Gasteiger partial charge in [-0.1, -0.05) is 23.8 Å². The van der Waals surface area contributed by atoms with Crippen LogP contribution in [0.25, 0.3) is 0 Å². The molecule has 2 aromatic carbocycles. The highest BCUT2D eigenvalue weighted by Gasteiger charge is 2.59. The van der Waals surface area contributed by atoms with Crippen molar-refractivity contribution in [1.82, 2.24) is 4.72 Å². The first-order valence-electron chi connectivity index (χ1n) is 9.71. The van der Waals surface area contributed by atoms with Gasteiger partial charge in [0.25, 0.3) is 0 Å². The highest BCUT2D eigenvalue weighted by atomic mass is 35.5. The standard InChI is InChI=1S/C21H20ClF2NO5S2/c1-31(26,27)25-11-13-3-2-10-21(32(28,29)15-6-4-14(22)5-7-15)16(13)12-30-20-18(24)9-8-17(23)19(20)21/h2,4-10,13,16,25H,3,11-12H2,1H3/t13-,16?,21-/m0/s1. The van der Waals surface area contributed by atoms with Crippen molar-refractivity contribution in [2.24, 2.45) is 11.8 Å². The maximum Gasteiger partial charge on any atom is 0.208 e. The highest BCUT2D eigenvalue weighted by Crippen LogP contribution is 2.55. The van der Waals surface area contributed by atoms with E-state index in [1.54, 1.807) is 6.08 Å². The van der Waals surface area contributed by atoms with E-state index in [1.807, 2.05) is 0 Å². The Hall–Kier alpha value is -2.01. The Labute approximate surface area is 190 Å². The number of benzene rings is 2.